The fourth-order valence-electron chi connectivity index (χ4n) is 5.69. The maximum absolute atomic E-state index is 13.5. The minimum absolute atomic E-state index is 0.130. The lowest BCUT2D eigenvalue weighted by molar-refractivity contribution is -0.145. The van der Waals surface area contributed by atoms with Gasteiger partial charge in [-0.15, -0.1) is 0 Å². The quantitative estimate of drug-likeness (QED) is 0.282. The van der Waals surface area contributed by atoms with Crippen molar-refractivity contribution >= 4 is 5.97 Å². The predicted octanol–water partition coefficient (Wildman–Crippen LogP) is 6.84. The molecule has 2 N–H and O–H groups in total. The summed E-state index contributed by atoms with van der Waals surface area (Å²) in [5.41, 5.74) is 4.49. The van der Waals surface area contributed by atoms with Gasteiger partial charge >= 0.3 is 12.1 Å². The highest BCUT2D eigenvalue weighted by Crippen LogP contribution is 2.40. The second kappa shape index (κ2) is 9.64. The van der Waals surface area contributed by atoms with E-state index in [0.29, 0.717) is 41.2 Å². The van der Waals surface area contributed by atoms with Gasteiger partial charge in [-0.25, -0.2) is 0 Å². The third-order valence-corrected chi connectivity index (χ3v) is 7.83. The van der Waals surface area contributed by atoms with E-state index in [4.69, 9.17) is 9.63 Å². The Labute approximate surface area is 222 Å². The van der Waals surface area contributed by atoms with Gasteiger partial charge < -0.3 is 14.9 Å². The second-order valence-corrected chi connectivity index (χ2v) is 10.4. The zero-order valence-electron chi connectivity index (χ0n) is 21.1. The Hall–Kier alpha value is -3.98. The molecular formula is C30H26F3N3O3. The van der Waals surface area contributed by atoms with Gasteiger partial charge in [0.1, 0.15) is 0 Å². The molecule has 1 heterocycles. The van der Waals surface area contributed by atoms with Crippen LogP contribution >= 0.6 is 0 Å². The summed E-state index contributed by atoms with van der Waals surface area (Å²) in [5.74, 6) is -0.228. The normalized spacial score (nSPS) is 20.5. The molecule has 9 heteroatoms. The number of hydrogen-bond acceptors (Lipinski definition) is 5. The van der Waals surface area contributed by atoms with Gasteiger partial charge in [0, 0.05) is 23.2 Å². The fourth-order valence-corrected chi connectivity index (χ4v) is 5.69. The van der Waals surface area contributed by atoms with E-state index in [2.05, 4.69) is 27.6 Å². The summed E-state index contributed by atoms with van der Waals surface area (Å²) in [6, 6.07) is 17.2. The zero-order valence-corrected chi connectivity index (χ0v) is 21.1. The van der Waals surface area contributed by atoms with Crippen molar-refractivity contribution in [1.29, 1.82) is 0 Å². The van der Waals surface area contributed by atoms with E-state index in [1.807, 2.05) is 6.07 Å². The number of aliphatic carboxylic acids is 1. The summed E-state index contributed by atoms with van der Waals surface area (Å²) in [6.07, 6.45) is -1.26. The molecule has 1 aromatic heterocycles. The lowest BCUT2D eigenvalue weighted by Crippen LogP contribution is -2.45. The maximum Gasteiger partial charge on any atom is 0.417 e. The fraction of sp³-hybridized carbons (Fsp3) is 0.300. The first kappa shape index (κ1) is 25.3. The molecule has 39 heavy (non-hydrogen) atoms. The van der Waals surface area contributed by atoms with E-state index < -0.39 is 17.7 Å². The van der Waals surface area contributed by atoms with Crippen molar-refractivity contribution in [1.82, 2.24) is 15.5 Å². The predicted molar refractivity (Wildman–Crippen MR) is 139 cm³/mol. The Bertz CT molecular complexity index is 1560. The second-order valence-electron chi connectivity index (χ2n) is 10.4. The van der Waals surface area contributed by atoms with Crippen molar-refractivity contribution in [2.75, 3.05) is 0 Å². The standard InChI is InChI=1S/C30H26F3N3O3/c1-16-12-19(7-9-22(16)24-4-2-3-5-25(24)30(31,32)33)28-35-27(36-39-28)18-6-10-23-17(13-18)8-11-26(23)34-21-14-20(15-21)29(37)38/h2-7,9-10,12-13,20-21,26,34H,8,11,14-15H2,1H3,(H,37,38). The number of halogens is 3. The lowest BCUT2D eigenvalue weighted by Gasteiger charge is -2.35. The Balaban J connectivity index is 1.20. The molecule has 0 aliphatic heterocycles. The van der Waals surface area contributed by atoms with Crippen molar-refractivity contribution in [2.45, 2.75) is 50.9 Å². The van der Waals surface area contributed by atoms with E-state index in [1.165, 1.54) is 23.3 Å². The Morgan fingerprint density at radius 1 is 1.03 bits per heavy atom. The van der Waals surface area contributed by atoms with Gasteiger partial charge in [-0.05, 0) is 84.7 Å². The number of benzene rings is 3. The van der Waals surface area contributed by atoms with Crippen LogP contribution in [0.2, 0.25) is 0 Å². The average molecular weight is 534 g/mol. The molecule has 1 fully saturated rings. The van der Waals surface area contributed by atoms with Gasteiger partial charge in [-0.1, -0.05) is 41.6 Å². The number of alkyl halides is 3. The Morgan fingerprint density at radius 2 is 1.79 bits per heavy atom. The molecule has 0 radical (unpaired) electrons. The molecule has 1 saturated carbocycles. The summed E-state index contributed by atoms with van der Waals surface area (Å²) >= 11 is 0. The molecule has 0 bridgehead atoms. The number of carboxylic acids is 1. The highest BCUT2D eigenvalue weighted by Gasteiger charge is 2.37. The van der Waals surface area contributed by atoms with Crippen LogP contribution in [0.15, 0.2) is 65.2 Å². The third-order valence-electron chi connectivity index (χ3n) is 7.83. The number of aryl methyl sites for hydroxylation is 2. The van der Waals surface area contributed by atoms with Crippen LogP contribution in [-0.4, -0.2) is 27.3 Å². The maximum atomic E-state index is 13.5. The highest BCUT2D eigenvalue weighted by atomic mass is 19.4. The third kappa shape index (κ3) is 4.83. The molecule has 2 aliphatic carbocycles. The molecule has 0 saturated heterocycles. The zero-order chi connectivity index (χ0) is 27.3. The molecule has 6 nitrogen and oxygen atoms in total. The van der Waals surface area contributed by atoms with Crippen LogP contribution in [0.25, 0.3) is 34.0 Å². The number of carboxylic acid groups (broad SMARTS) is 1. The average Bonchev–Trinajstić information content (AvgIpc) is 3.52. The minimum atomic E-state index is -4.45. The highest BCUT2D eigenvalue weighted by molar-refractivity contribution is 5.74. The number of hydrogen-bond donors (Lipinski definition) is 2. The number of nitrogens with one attached hydrogen (secondary N) is 1. The van der Waals surface area contributed by atoms with Gasteiger partial charge in [-0.2, -0.15) is 18.2 Å². The van der Waals surface area contributed by atoms with E-state index in [-0.39, 0.29) is 23.6 Å². The van der Waals surface area contributed by atoms with Crippen LogP contribution in [0.1, 0.15) is 47.6 Å². The van der Waals surface area contributed by atoms with Gasteiger partial charge in [0.15, 0.2) is 0 Å². The summed E-state index contributed by atoms with van der Waals surface area (Å²) in [6.45, 7) is 1.76. The summed E-state index contributed by atoms with van der Waals surface area (Å²) < 4.78 is 46.1. The van der Waals surface area contributed by atoms with E-state index in [0.717, 1.165) is 24.5 Å². The monoisotopic (exact) mass is 533 g/mol. The van der Waals surface area contributed by atoms with Crippen LogP contribution in [0.5, 0.6) is 0 Å². The molecule has 4 aromatic rings. The van der Waals surface area contributed by atoms with Crippen LogP contribution in [0, 0.1) is 12.8 Å². The number of carbonyl (C=O) groups is 1. The van der Waals surface area contributed by atoms with E-state index in [1.54, 1.807) is 31.2 Å². The number of rotatable bonds is 6. The first-order valence-corrected chi connectivity index (χ1v) is 12.9. The first-order chi connectivity index (χ1) is 18.7. The Morgan fingerprint density at radius 3 is 2.54 bits per heavy atom. The number of nitrogens with zero attached hydrogens (tertiary/aromatic N) is 2. The minimum Gasteiger partial charge on any atom is -0.481 e. The van der Waals surface area contributed by atoms with Crippen molar-refractivity contribution < 1.29 is 27.6 Å². The van der Waals surface area contributed by atoms with E-state index in [9.17, 15) is 18.0 Å². The molecule has 1 unspecified atom stereocenters. The molecule has 0 spiro atoms. The summed E-state index contributed by atoms with van der Waals surface area (Å²) in [4.78, 5) is 15.6. The summed E-state index contributed by atoms with van der Waals surface area (Å²) in [7, 11) is 0. The molecular weight excluding hydrogens is 507 g/mol. The van der Waals surface area contributed by atoms with Gasteiger partial charge in [-0.3, -0.25) is 4.79 Å². The van der Waals surface area contributed by atoms with Crippen molar-refractivity contribution in [3.63, 3.8) is 0 Å². The molecule has 2 aliphatic rings. The molecule has 6 rings (SSSR count). The number of fused-ring (bicyclic) bond motifs is 1. The molecule has 1 atom stereocenters. The molecule has 0 amide bonds. The molecule has 3 aromatic carbocycles. The van der Waals surface area contributed by atoms with Crippen molar-refractivity contribution in [3.8, 4) is 34.0 Å². The van der Waals surface area contributed by atoms with Crippen LogP contribution in [0.4, 0.5) is 13.2 Å². The summed E-state index contributed by atoms with van der Waals surface area (Å²) in [5, 5.41) is 16.9. The van der Waals surface area contributed by atoms with Crippen LogP contribution < -0.4 is 5.32 Å². The van der Waals surface area contributed by atoms with Gasteiger partial charge in [0.2, 0.25) is 5.82 Å². The smallest absolute Gasteiger partial charge is 0.417 e. The van der Waals surface area contributed by atoms with Crippen molar-refractivity contribution in [3.05, 3.63) is 82.9 Å². The SMILES string of the molecule is Cc1cc(-c2nc(-c3ccc4c(c3)CCC4NC3CC(C(=O)O)C3)no2)ccc1-c1ccccc1C(F)(F)F. The Kier molecular flexibility index (Phi) is 6.26. The first-order valence-electron chi connectivity index (χ1n) is 12.9. The molecule has 200 valence electrons. The number of aromatic nitrogens is 2. The van der Waals surface area contributed by atoms with Gasteiger partial charge in [0.25, 0.3) is 5.89 Å². The topological polar surface area (TPSA) is 88.2 Å². The lowest BCUT2D eigenvalue weighted by atomic mass is 9.80. The van der Waals surface area contributed by atoms with Crippen LogP contribution in [-0.2, 0) is 17.4 Å². The van der Waals surface area contributed by atoms with Crippen LogP contribution in [0.3, 0.4) is 0 Å². The van der Waals surface area contributed by atoms with Crippen molar-refractivity contribution in [2.24, 2.45) is 5.92 Å². The largest absolute Gasteiger partial charge is 0.481 e. The van der Waals surface area contributed by atoms with Gasteiger partial charge in [0.05, 0.1) is 11.5 Å². The van der Waals surface area contributed by atoms with E-state index >= 15 is 0 Å².